The van der Waals surface area contributed by atoms with Crippen LogP contribution < -0.4 is 4.74 Å². The number of ketones is 1. The standard InChI is InChI=1S/C22H25ClO4/c1-14(2)26-19-6-3-15(4-7-19)9-17-10-16(5-8-21(17)23)22-12-18(25)11-20(13-24)27-22/h3-8,10,14,20,22,24H,9,11-13H2,1-2H3. The molecule has 2 unspecified atom stereocenters. The van der Waals surface area contributed by atoms with Crippen molar-refractivity contribution in [3.05, 3.63) is 64.2 Å². The highest BCUT2D eigenvalue weighted by Crippen LogP contribution is 2.32. The van der Waals surface area contributed by atoms with Crippen LogP contribution >= 0.6 is 11.6 Å². The molecule has 1 saturated heterocycles. The average molecular weight is 389 g/mol. The van der Waals surface area contributed by atoms with E-state index in [4.69, 9.17) is 21.1 Å². The number of benzene rings is 2. The SMILES string of the molecule is CC(C)Oc1ccc(Cc2cc(C3CC(=O)CC(CO)O3)ccc2Cl)cc1. The van der Waals surface area contributed by atoms with Crippen LogP contribution in [0.2, 0.25) is 5.02 Å². The first-order valence-electron chi connectivity index (χ1n) is 9.26. The Bertz CT molecular complexity index is 785. The molecule has 3 rings (SSSR count). The van der Waals surface area contributed by atoms with Crippen molar-refractivity contribution in [3.63, 3.8) is 0 Å². The lowest BCUT2D eigenvalue weighted by molar-refractivity contribution is -0.139. The van der Waals surface area contributed by atoms with Gasteiger partial charge >= 0.3 is 0 Å². The summed E-state index contributed by atoms with van der Waals surface area (Å²) in [6.45, 7) is 3.85. The molecule has 4 nitrogen and oxygen atoms in total. The highest BCUT2D eigenvalue weighted by Gasteiger charge is 2.28. The molecule has 5 heteroatoms. The molecule has 0 aromatic heterocycles. The lowest BCUT2D eigenvalue weighted by Crippen LogP contribution is -2.30. The molecule has 1 aliphatic rings. The van der Waals surface area contributed by atoms with Crippen molar-refractivity contribution in [2.45, 2.75) is 51.4 Å². The average Bonchev–Trinajstić information content (AvgIpc) is 2.64. The third-order valence-electron chi connectivity index (χ3n) is 4.56. The van der Waals surface area contributed by atoms with Crippen LogP contribution in [-0.2, 0) is 16.0 Å². The number of rotatable bonds is 6. The highest BCUT2D eigenvalue weighted by molar-refractivity contribution is 6.31. The van der Waals surface area contributed by atoms with Crippen molar-refractivity contribution in [2.24, 2.45) is 0 Å². The van der Waals surface area contributed by atoms with Crippen molar-refractivity contribution in [2.75, 3.05) is 6.61 Å². The fraction of sp³-hybridized carbons (Fsp3) is 0.409. The van der Waals surface area contributed by atoms with Crippen LogP contribution in [0, 0.1) is 0 Å². The summed E-state index contributed by atoms with van der Waals surface area (Å²) in [7, 11) is 0. The first-order chi connectivity index (χ1) is 12.9. The normalized spacial score (nSPS) is 20.1. The Morgan fingerprint density at radius 2 is 1.93 bits per heavy atom. The van der Waals surface area contributed by atoms with E-state index in [1.54, 1.807) is 0 Å². The van der Waals surface area contributed by atoms with Gasteiger partial charge in [0.05, 0.1) is 24.9 Å². The summed E-state index contributed by atoms with van der Waals surface area (Å²) in [5, 5.41) is 10.0. The van der Waals surface area contributed by atoms with Crippen LogP contribution in [0.3, 0.4) is 0 Å². The van der Waals surface area contributed by atoms with Gasteiger partial charge in [-0.3, -0.25) is 4.79 Å². The van der Waals surface area contributed by atoms with E-state index >= 15 is 0 Å². The lowest BCUT2D eigenvalue weighted by atomic mass is 9.95. The van der Waals surface area contributed by atoms with E-state index in [1.807, 2.05) is 56.3 Å². The summed E-state index contributed by atoms with van der Waals surface area (Å²) in [5.74, 6) is 0.959. The van der Waals surface area contributed by atoms with Gasteiger partial charge < -0.3 is 14.6 Å². The van der Waals surface area contributed by atoms with Gasteiger partial charge in [0.1, 0.15) is 11.5 Å². The molecule has 0 bridgehead atoms. The minimum Gasteiger partial charge on any atom is -0.491 e. The molecule has 0 spiro atoms. The van der Waals surface area contributed by atoms with E-state index in [-0.39, 0.29) is 31.0 Å². The van der Waals surface area contributed by atoms with Crippen molar-refractivity contribution in [1.82, 2.24) is 0 Å². The maximum atomic E-state index is 11.9. The van der Waals surface area contributed by atoms with Gasteiger partial charge in [0, 0.05) is 17.9 Å². The van der Waals surface area contributed by atoms with Crippen LogP contribution in [0.4, 0.5) is 0 Å². The van der Waals surface area contributed by atoms with E-state index in [2.05, 4.69) is 0 Å². The number of hydrogen-bond acceptors (Lipinski definition) is 4. The van der Waals surface area contributed by atoms with E-state index < -0.39 is 6.10 Å². The van der Waals surface area contributed by atoms with Crippen molar-refractivity contribution in [3.8, 4) is 5.75 Å². The van der Waals surface area contributed by atoms with Gasteiger partial charge in [-0.1, -0.05) is 35.9 Å². The minimum atomic E-state index is -0.427. The summed E-state index contributed by atoms with van der Waals surface area (Å²) in [4.78, 5) is 11.9. The third-order valence-corrected chi connectivity index (χ3v) is 4.93. The maximum Gasteiger partial charge on any atom is 0.138 e. The molecule has 0 amide bonds. The molecule has 0 aliphatic carbocycles. The topological polar surface area (TPSA) is 55.8 Å². The number of aliphatic hydroxyl groups is 1. The monoisotopic (exact) mass is 388 g/mol. The minimum absolute atomic E-state index is 0.113. The van der Waals surface area contributed by atoms with Crippen LogP contribution in [0.5, 0.6) is 5.75 Å². The van der Waals surface area contributed by atoms with E-state index in [0.29, 0.717) is 17.9 Å². The predicted octanol–water partition coefficient (Wildman–Crippen LogP) is 4.50. The van der Waals surface area contributed by atoms with Crippen molar-refractivity contribution < 1.29 is 19.4 Å². The molecule has 2 aromatic rings. The second-order valence-corrected chi connectivity index (χ2v) is 7.62. The van der Waals surface area contributed by atoms with Gasteiger partial charge in [-0.15, -0.1) is 0 Å². The first kappa shape index (κ1) is 19.9. The van der Waals surface area contributed by atoms with Crippen molar-refractivity contribution in [1.29, 1.82) is 0 Å². The Morgan fingerprint density at radius 1 is 1.19 bits per heavy atom. The molecule has 27 heavy (non-hydrogen) atoms. The van der Waals surface area contributed by atoms with Gasteiger partial charge in [0.25, 0.3) is 0 Å². The summed E-state index contributed by atoms with van der Waals surface area (Å²) < 4.78 is 11.5. The van der Waals surface area contributed by atoms with Gasteiger partial charge in [0.15, 0.2) is 0 Å². The smallest absolute Gasteiger partial charge is 0.138 e. The second-order valence-electron chi connectivity index (χ2n) is 7.21. The molecular weight excluding hydrogens is 364 g/mol. The third kappa shape index (κ3) is 5.32. The predicted molar refractivity (Wildman–Crippen MR) is 105 cm³/mol. The molecule has 0 saturated carbocycles. The van der Waals surface area contributed by atoms with E-state index in [0.717, 1.165) is 22.4 Å². The van der Waals surface area contributed by atoms with Crippen LogP contribution in [0.25, 0.3) is 0 Å². The van der Waals surface area contributed by atoms with Crippen LogP contribution in [-0.4, -0.2) is 29.7 Å². The fourth-order valence-corrected chi connectivity index (χ4v) is 3.47. The van der Waals surface area contributed by atoms with Gasteiger partial charge in [-0.2, -0.15) is 0 Å². The molecule has 2 aromatic carbocycles. The highest BCUT2D eigenvalue weighted by atomic mass is 35.5. The maximum absolute atomic E-state index is 11.9. The van der Waals surface area contributed by atoms with Crippen molar-refractivity contribution >= 4 is 17.4 Å². The summed E-state index contributed by atoms with van der Waals surface area (Å²) in [5.41, 5.74) is 3.02. The first-order valence-corrected chi connectivity index (χ1v) is 9.64. The Kier molecular flexibility index (Phi) is 6.53. The zero-order valence-corrected chi connectivity index (χ0v) is 16.4. The molecule has 1 aliphatic heterocycles. The summed E-state index contributed by atoms with van der Waals surface area (Å²) in [6, 6.07) is 13.7. The van der Waals surface area contributed by atoms with Gasteiger partial charge in [-0.25, -0.2) is 0 Å². The molecule has 2 atom stereocenters. The number of carbonyl (C=O) groups excluding carboxylic acids is 1. The number of aliphatic hydroxyl groups excluding tert-OH is 1. The lowest BCUT2D eigenvalue weighted by Gasteiger charge is -2.28. The summed E-state index contributed by atoms with van der Waals surface area (Å²) in [6.07, 6.45) is 0.670. The van der Waals surface area contributed by atoms with E-state index in [9.17, 15) is 9.90 Å². The summed E-state index contributed by atoms with van der Waals surface area (Å²) >= 11 is 6.40. The zero-order valence-electron chi connectivity index (χ0n) is 15.7. The Labute approximate surface area is 165 Å². The Hall–Kier alpha value is -1.88. The quantitative estimate of drug-likeness (QED) is 0.791. The molecule has 1 N–H and O–H groups in total. The Balaban J connectivity index is 1.76. The number of hydrogen-bond donors (Lipinski definition) is 1. The zero-order chi connectivity index (χ0) is 19.4. The largest absolute Gasteiger partial charge is 0.491 e. The molecular formula is C22H25ClO4. The number of ether oxygens (including phenoxy) is 2. The van der Waals surface area contributed by atoms with Crippen LogP contribution in [0.15, 0.2) is 42.5 Å². The van der Waals surface area contributed by atoms with Gasteiger partial charge in [-0.05, 0) is 55.2 Å². The fourth-order valence-electron chi connectivity index (χ4n) is 3.28. The molecule has 144 valence electrons. The van der Waals surface area contributed by atoms with Crippen LogP contribution in [0.1, 0.15) is 49.5 Å². The number of halogens is 1. The molecule has 1 heterocycles. The molecule has 1 fully saturated rings. The van der Waals surface area contributed by atoms with E-state index in [1.165, 1.54) is 0 Å². The molecule has 0 radical (unpaired) electrons. The number of Topliss-reactive ketones (excluding diaryl/α,β-unsaturated/α-hetero) is 1. The second kappa shape index (κ2) is 8.87. The number of carbonyl (C=O) groups is 1. The van der Waals surface area contributed by atoms with Gasteiger partial charge in [0.2, 0.25) is 0 Å². The Morgan fingerprint density at radius 3 is 2.59 bits per heavy atom.